The topological polar surface area (TPSA) is 50.4 Å². The second-order valence-electron chi connectivity index (χ2n) is 3.58. The van der Waals surface area contributed by atoms with Crippen molar-refractivity contribution < 1.29 is 9.52 Å². The van der Waals surface area contributed by atoms with E-state index in [9.17, 15) is 9.90 Å². The molecule has 1 N–H and O–H groups in total. The first-order valence-corrected chi connectivity index (χ1v) is 4.99. The van der Waals surface area contributed by atoms with Gasteiger partial charge in [0, 0.05) is 12.5 Å². The SMILES string of the molecule is CC(C)Cc1oc(CCl)cc(=O)c1O. The van der Waals surface area contributed by atoms with Gasteiger partial charge < -0.3 is 9.52 Å². The number of alkyl halides is 1. The lowest BCUT2D eigenvalue weighted by molar-refractivity contribution is 0.372. The van der Waals surface area contributed by atoms with Crippen molar-refractivity contribution in [3.8, 4) is 5.75 Å². The zero-order valence-corrected chi connectivity index (χ0v) is 8.97. The third-order valence-corrected chi connectivity index (χ3v) is 2.03. The molecule has 4 heteroatoms. The summed E-state index contributed by atoms with van der Waals surface area (Å²) in [5.41, 5.74) is -0.428. The molecule has 1 aromatic heterocycles. The van der Waals surface area contributed by atoms with Gasteiger partial charge in [-0.2, -0.15) is 0 Å². The van der Waals surface area contributed by atoms with Crippen LogP contribution in [0.4, 0.5) is 0 Å². The first-order valence-electron chi connectivity index (χ1n) is 4.45. The Bertz CT molecular complexity index is 368. The van der Waals surface area contributed by atoms with Gasteiger partial charge >= 0.3 is 0 Å². The maximum absolute atomic E-state index is 11.2. The standard InChI is InChI=1S/C10H13ClO3/c1-6(2)3-9-10(13)8(12)4-7(5-11)14-9/h4,6,13H,3,5H2,1-2H3. The molecule has 0 aromatic carbocycles. The van der Waals surface area contributed by atoms with Crippen molar-refractivity contribution in [2.24, 2.45) is 5.92 Å². The van der Waals surface area contributed by atoms with Crippen LogP contribution >= 0.6 is 11.6 Å². The van der Waals surface area contributed by atoms with Gasteiger partial charge in [-0.1, -0.05) is 13.8 Å². The average Bonchev–Trinajstić information content (AvgIpc) is 2.11. The molecule has 78 valence electrons. The Kier molecular flexibility index (Phi) is 3.58. The molecule has 1 rings (SSSR count). The monoisotopic (exact) mass is 216 g/mol. The predicted molar refractivity (Wildman–Crippen MR) is 54.7 cm³/mol. The molecule has 14 heavy (non-hydrogen) atoms. The second kappa shape index (κ2) is 4.51. The van der Waals surface area contributed by atoms with Crippen LogP contribution < -0.4 is 5.43 Å². The molecule has 0 radical (unpaired) electrons. The number of hydrogen-bond acceptors (Lipinski definition) is 3. The van der Waals surface area contributed by atoms with Gasteiger partial charge in [-0.05, 0) is 5.92 Å². The van der Waals surface area contributed by atoms with Crippen LogP contribution in [0.25, 0.3) is 0 Å². The summed E-state index contributed by atoms with van der Waals surface area (Å²) in [5.74, 6) is 0.871. The summed E-state index contributed by atoms with van der Waals surface area (Å²) in [5, 5.41) is 9.42. The first-order chi connectivity index (χ1) is 6.54. The second-order valence-corrected chi connectivity index (χ2v) is 3.85. The van der Waals surface area contributed by atoms with Crippen molar-refractivity contribution in [3.05, 3.63) is 27.8 Å². The van der Waals surface area contributed by atoms with Crippen LogP contribution in [0.1, 0.15) is 25.4 Å². The predicted octanol–water partition coefficient (Wildman–Crippen LogP) is 2.28. The lowest BCUT2D eigenvalue weighted by atomic mass is 10.1. The van der Waals surface area contributed by atoms with Crippen LogP contribution in [0.3, 0.4) is 0 Å². The van der Waals surface area contributed by atoms with Crippen LogP contribution in [-0.4, -0.2) is 5.11 Å². The van der Waals surface area contributed by atoms with E-state index in [0.29, 0.717) is 23.9 Å². The Labute approximate surface area is 87.3 Å². The van der Waals surface area contributed by atoms with Crippen molar-refractivity contribution in [1.82, 2.24) is 0 Å². The highest BCUT2D eigenvalue weighted by Gasteiger charge is 2.11. The van der Waals surface area contributed by atoms with E-state index in [4.69, 9.17) is 16.0 Å². The largest absolute Gasteiger partial charge is 0.502 e. The Morgan fingerprint density at radius 2 is 2.21 bits per heavy atom. The van der Waals surface area contributed by atoms with Crippen LogP contribution in [0, 0.1) is 5.92 Å². The van der Waals surface area contributed by atoms with E-state index in [1.165, 1.54) is 6.07 Å². The highest BCUT2D eigenvalue weighted by molar-refractivity contribution is 6.16. The van der Waals surface area contributed by atoms with Gasteiger partial charge in [0.05, 0.1) is 5.88 Å². The summed E-state index contributed by atoms with van der Waals surface area (Å²) in [6.45, 7) is 3.96. The van der Waals surface area contributed by atoms with E-state index in [0.717, 1.165) is 0 Å². The Morgan fingerprint density at radius 1 is 1.57 bits per heavy atom. The summed E-state index contributed by atoms with van der Waals surface area (Å²) in [4.78, 5) is 11.2. The zero-order chi connectivity index (χ0) is 10.7. The molecular weight excluding hydrogens is 204 g/mol. The molecule has 1 aromatic rings. The molecule has 0 aliphatic rings. The molecule has 0 aliphatic heterocycles. The number of halogens is 1. The molecule has 0 amide bonds. The molecule has 3 nitrogen and oxygen atoms in total. The molecule has 0 fully saturated rings. The molecule has 0 saturated carbocycles. The van der Waals surface area contributed by atoms with E-state index < -0.39 is 5.43 Å². The van der Waals surface area contributed by atoms with Crippen molar-refractivity contribution in [2.75, 3.05) is 0 Å². The molecule has 0 spiro atoms. The normalized spacial score (nSPS) is 10.9. The summed E-state index contributed by atoms with van der Waals surface area (Å²) >= 11 is 5.55. The van der Waals surface area contributed by atoms with E-state index >= 15 is 0 Å². The lowest BCUT2D eigenvalue weighted by Crippen LogP contribution is -2.06. The van der Waals surface area contributed by atoms with E-state index in [1.54, 1.807) is 0 Å². The minimum atomic E-state index is -0.428. The highest BCUT2D eigenvalue weighted by atomic mass is 35.5. The van der Waals surface area contributed by atoms with E-state index in [-0.39, 0.29) is 11.6 Å². The summed E-state index contributed by atoms with van der Waals surface area (Å²) < 4.78 is 5.27. The van der Waals surface area contributed by atoms with Gasteiger partial charge in [0.2, 0.25) is 11.2 Å². The zero-order valence-electron chi connectivity index (χ0n) is 8.21. The van der Waals surface area contributed by atoms with Crippen molar-refractivity contribution in [3.63, 3.8) is 0 Å². The molecule has 0 atom stereocenters. The summed E-state index contributed by atoms with van der Waals surface area (Å²) in [6, 6.07) is 1.21. The average molecular weight is 217 g/mol. The fourth-order valence-electron chi connectivity index (χ4n) is 1.16. The van der Waals surface area contributed by atoms with Crippen molar-refractivity contribution in [1.29, 1.82) is 0 Å². The third kappa shape index (κ3) is 2.51. The van der Waals surface area contributed by atoms with Gasteiger partial charge in [-0.3, -0.25) is 4.79 Å². The van der Waals surface area contributed by atoms with Crippen LogP contribution in [0.2, 0.25) is 0 Å². The minimum Gasteiger partial charge on any atom is -0.502 e. The van der Waals surface area contributed by atoms with E-state index in [2.05, 4.69) is 0 Å². The fraction of sp³-hybridized carbons (Fsp3) is 0.500. The molecular formula is C10H13ClO3. The molecule has 1 heterocycles. The maximum atomic E-state index is 11.2. The van der Waals surface area contributed by atoms with Gasteiger partial charge in [-0.25, -0.2) is 0 Å². The van der Waals surface area contributed by atoms with Crippen LogP contribution in [-0.2, 0) is 12.3 Å². The van der Waals surface area contributed by atoms with Gasteiger partial charge in [0.25, 0.3) is 0 Å². The Morgan fingerprint density at radius 3 is 2.71 bits per heavy atom. The Hall–Kier alpha value is -0.960. The van der Waals surface area contributed by atoms with E-state index in [1.807, 2.05) is 13.8 Å². The quantitative estimate of drug-likeness (QED) is 0.789. The van der Waals surface area contributed by atoms with Crippen molar-refractivity contribution >= 4 is 11.6 Å². The molecule has 0 saturated heterocycles. The first kappa shape index (κ1) is 11.1. The van der Waals surface area contributed by atoms with Gasteiger partial charge in [0.15, 0.2) is 0 Å². The highest BCUT2D eigenvalue weighted by Crippen LogP contribution is 2.18. The fourth-order valence-corrected chi connectivity index (χ4v) is 1.29. The maximum Gasteiger partial charge on any atom is 0.227 e. The summed E-state index contributed by atoms with van der Waals surface area (Å²) in [7, 11) is 0. The third-order valence-electron chi connectivity index (χ3n) is 1.77. The van der Waals surface area contributed by atoms with Crippen LogP contribution in [0.15, 0.2) is 15.3 Å². The summed E-state index contributed by atoms with van der Waals surface area (Å²) in [6.07, 6.45) is 0.534. The lowest BCUT2D eigenvalue weighted by Gasteiger charge is -2.06. The molecule has 0 bridgehead atoms. The number of hydrogen-bond donors (Lipinski definition) is 1. The Balaban J connectivity index is 3.14. The smallest absolute Gasteiger partial charge is 0.227 e. The van der Waals surface area contributed by atoms with Gasteiger partial charge in [-0.15, -0.1) is 11.6 Å². The molecule has 0 unspecified atom stereocenters. The number of aromatic hydroxyl groups is 1. The molecule has 0 aliphatic carbocycles. The van der Waals surface area contributed by atoms with Gasteiger partial charge in [0.1, 0.15) is 11.5 Å². The number of rotatable bonds is 3. The minimum absolute atomic E-state index is 0.139. The van der Waals surface area contributed by atoms with Crippen LogP contribution in [0.5, 0.6) is 5.75 Å². The van der Waals surface area contributed by atoms with Crippen molar-refractivity contribution in [2.45, 2.75) is 26.1 Å².